The Kier molecular flexibility index (Phi) is 22.8. The minimum absolute atomic E-state index is 0.0762. The number of fused-ring (bicyclic) bond motifs is 5. The molecule has 392 valence electrons. The summed E-state index contributed by atoms with van der Waals surface area (Å²) in [7, 11) is 1.48. The lowest BCUT2D eigenvalue weighted by molar-refractivity contribution is -0.157. The summed E-state index contributed by atoms with van der Waals surface area (Å²) in [6, 6.07) is 0. The second-order valence-corrected chi connectivity index (χ2v) is 18.3. The summed E-state index contributed by atoms with van der Waals surface area (Å²) < 4.78 is 46.4. The SMILES string of the molecule is C/C=C/[C@H](OC(=O)CCCC(=O)O)C(C)(C)[C@@H]1C/C=C\C(O)C/C=C/[C@H](OC)Cc2nc(co2)C(=O)O[C@H](C(C)(C)[C@H](/C=C/C)OC(=O)CCCC(=O)O)C/C=C\[C@H]2O[C@H]2/C=C/C=C\c2nc(co2)C(=O)O1. The summed E-state index contributed by atoms with van der Waals surface area (Å²) in [5.41, 5.74) is -2.31. The van der Waals surface area contributed by atoms with Crippen LogP contribution in [-0.2, 0) is 54.0 Å². The summed E-state index contributed by atoms with van der Waals surface area (Å²) in [5.74, 6) is -4.61. The third-order valence-corrected chi connectivity index (χ3v) is 11.9. The zero-order valence-electron chi connectivity index (χ0n) is 41.9. The van der Waals surface area contributed by atoms with Crippen LogP contribution in [-0.4, -0.2) is 117 Å². The summed E-state index contributed by atoms with van der Waals surface area (Å²) in [6.45, 7) is 10.6. The van der Waals surface area contributed by atoms with Crippen molar-refractivity contribution in [2.45, 2.75) is 155 Å². The van der Waals surface area contributed by atoms with Crippen molar-refractivity contribution in [2.75, 3.05) is 7.11 Å². The van der Waals surface area contributed by atoms with Crippen molar-refractivity contribution in [1.82, 2.24) is 9.97 Å². The smallest absolute Gasteiger partial charge is 0.360 e. The highest BCUT2D eigenvalue weighted by Gasteiger charge is 2.43. The van der Waals surface area contributed by atoms with Gasteiger partial charge in [-0.2, -0.15) is 0 Å². The molecule has 0 aromatic carbocycles. The average Bonchev–Trinajstić information content (AvgIpc) is 3.62. The first-order valence-corrected chi connectivity index (χ1v) is 23.9. The number of carbonyl (C=O) groups excluding carboxylic acids is 4. The van der Waals surface area contributed by atoms with Gasteiger partial charge in [0.2, 0.25) is 5.89 Å². The Morgan fingerprint density at radius 3 is 1.76 bits per heavy atom. The molecular weight excluding hydrogens is 937 g/mol. The van der Waals surface area contributed by atoms with Crippen LogP contribution in [0.5, 0.6) is 0 Å². The standard InChI is InChI=1S/C53H68N2O17/c1-8-17-40(69-48(61)29-15-27-46(57)58)52(3,4)42-24-13-20-34(56)19-12-21-35(65-7)31-45-55-37(33-67-45)51(64)72-43(53(5,6)41(18-9-2)70-49(62)30-16-28-47(59)60)25-14-23-39-38(68-39)22-10-11-26-44-54-36(32-66-44)50(63)71-42/h8-14,17-18,20-23,26,32-35,38-43,56H,15-16,19,24-25,27-31H2,1-7H3,(H,57,58)(H,59,60)/b17-8+,18-9+,20-13-,21-12+,22-10+,23-14-,26-11-/t34?,35-,38-,39+,40-,41-,42-,43-/m0/s1. The lowest BCUT2D eigenvalue weighted by Gasteiger charge is -2.38. The molecule has 0 aliphatic carbocycles. The molecule has 1 unspecified atom stereocenters. The van der Waals surface area contributed by atoms with Crippen molar-refractivity contribution in [3.63, 3.8) is 0 Å². The number of aliphatic hydroxyl groups excluding tert-OH is 1. The van der Waals surface area contributed by atoms with E-state index in [4.69, 9.17) is 47.5 Å². The number of aliphatic hydroxyl groups is 1. The summed E-state index contributed by atoms with van der Waals surface area (Å²) in [5, 5.41) is 29.0. The van der Waals surface area contributed by atoms with Crippen LogP contribution >= 0.6 is 0 Å². The van der Waals surface area contributed by atoms with Crippen LogP contribution in [0.3, 0.4) is 0 Å². The van der Waals surface area contributed by atoms with Crippen LogP contribution in [0.25, 0.3) is 6.08 Å². The topological polar surface area (TPSA) is 274 Å². The van der Waals surface area contributed by atoms with Crippen LogP contribution in [0.15, 0.2) is 100 Å². The lowest BCUT2D eigenvalue weighted by atomic mass is 9.78. The normalized spacial score (nSPS) is 24.9. The fourth-order valence-electron chi connectivity index (χ4n) is 7.41. The molecular formula is C53H68N2O17. The first-order chi connectivity index (χ1) is 34.3. The molecule has 4 heterocycles. The van der Waals surface area contributed by atoms with Gasteiger partial charge in [-0.3, -0.25) is 19.2 Å². The van der Waals surface area contributed by atoms with E-state index in [1.54, 1.807) is 108 Å². The first-order valence-electron chi connectivity index (χ1n) is 23.9. The van der Waals surface area contributed by atoms with Gasteiger partial charge < -0.3 is 52.6 Å². The Hall–Kier alpha value is -6.70. The fraction of sp³-hybridized carbons (Fsp3) is 0.509. The van der Waals surface area contributed by atoms with Crippen LogP contribution in [0.2, 0.25) is 0 Å². The Labute approximate surface area is 419 Å². The molecule has 3 N–H and O–H groups in total. The number of ether oxygens (including phenoxy) is 6. The molecule has 0 spiro atoms. The highest BCUT2D eigenvalue weighted by molar-refractivity contribution is 5.87. The van der Waals surface area contributed by atoms with E-state index in [0.29, 0.717) is 0 Å². The molecule has 2 aromatic heterocycles. The molecule has 0 amide bonds. The zero-order chi connectivity index (χ0) is 52.8. The number of epoxide rings is 1. The van der Waals surface area contributed by atoms with E-state index in [1.165, 1.54) is 19.4 Å². The van der Waals surface area contributed by atoms with E-state index in [2.05, 4.69) is 9.97 Å². The Morgan fingerprint density at radius 1 is 0.708 bits per heavy atom. The molecule has 2 aromatic rings. The number of carboxylic acid groups (broad SMARTS) is 2. The Bertz CT molecular complexity index is 2350. The van der Waals surface area contributed by atoms with Crippen LogP contribution in [0.1, 0.15) is 132 Å². The molecule has 1 fully saturated rings. The summed E-state index contributed by atoms with van der Waals surface area (Å²) in [6.07, 6.45) is 20.3. The second kappa shape index (κ2) is 28.4. The third kappa shape index (κ3) is 18.8. The molecule has 72 heavy (non-hydrogen) atoms. The minimum atomic E-state index is -1.06. The monoisotopic (exact) mass is 1000 g/mol. The van der Waals surface area contributed by atoms with Crippen molar-refractivity contribution in [3.8, 4) is 0 Å². The summed E-state index contributed by atoms with van der Waals surface area (Å²) in [4.78, 5) is 83.9. The second-order valence-electron chi connectivity index (χ2n) is 18.3. The van der Waals surface area contributed by atoms with Gasteiger partial charge in [0.15, 0.2) is 17.3 Å². The number of allylic oxidation sites excluding steroid dienone is 4. The van der Waals surface area contributed by atoms with Crippen LogP contribution < -0.4 is 0 Å². The highest BCUT2D eigenvalue weighted by Crippen LogP contribution is 2.36. The number of aliphatic carboxylic acids is 2. The summed E-state index contributed by atoms with van der Waals surface area (Å²) >= 11 is 0. The Balaban J connectivity index is 1.61. The van der Waals surface area contributed by atoms with Gasteiger partial charge in [-0.15, -0.1) is 0 Å². The van der Waals surface area contributed by atoms with E-state index in [9.17, 15) is 33.9 Å². The number of rotatable bonds is 17. The predicted molar refractivity (Wildman–Crippen MR) is 260 cm³/mol. The van der Waals surface area contributed by atoms with E-state index < -0.39 is 83.3 Å². The van der Waals surface area contributed by atoms with Crippen molar-refractivity contribution >= 4 is 41.9 Å². The number of hydrogen-bond donors (Lipinski definition) is 3. The van der Waals surface area contributed by atoms with Crippen LogP contribution in [0, 0.1) is 10.8 Å². The maximum absolute atomic E-state index is 13.8. The number of nitrogens with zero attached hydrogens (tertiary/aromatic N) is 2. The van der Waals surface area contributed by atoms with Gasteiger partial charge >= 0.3 is 35.8 Å². The van der Waals surface area contributed by atoms with Crippen molar-refractivity contribution in [3.05, 3.63) is 115 Å². The van der Waals surface area contributed by atoms with Crippen molar-refractivity contribution in [2.24, 2.45) is 10.8 Å². The number of cyclic esters (lactones) is 2. The first kappa shape index (κ1) is 57.9. The maximum Gasteiger partial charge on any atom is 0.360 e. The van der Waals surface area contributed by atoms with Crippen LogP contribution in [0.4, 0.5) is 0 Å². The number of oxazole rings is 2. The van der Waals surface area contributed by atoms with Gasteiger partial charge in [0.1, 0.15) is 49.2 Å². The van der Waals surface area contributed by atoms with Gasteiger partial charge in [-0.25, -0.2) is 19.6 Å². The number of methoxy groups -OCH3 is 1. The zero-order valence-corrected chi connectivity index (χ0v) is 41.9. The minimum Gasteiger partial charge on any atom is -0.481 e. The molecule has 4 rings (SSSR count). The Morgan fingerprint density at radius 2 is 1.22 bits per heavy atom. The molecule has 8 atom stereocenters. The molecule has 0 radical (unpaired) electrons. The number of hydrogen-bond acceptors (Lipinski definition) is 17. The highest BCUT2D eigenvalue weighted by atomic mass is 16.6. The molecule has 19 heteroatoms. The van der Waals surface area contributed by atoms with E-state index in [0.717, 1.165) is 6.26 Å². The molecule has 19 nitrogen and oxygen atoms in total. The van der Waals surface area contributed by atoms with Gasteiger partial charge in [0, 0.05) is 62.5 Å². The largest absolute Gasteiger partial charge is 0.481 e. The van der Waals surface area contributed by atoms with Gasteiger partial charge in [0.25, 0.3) is 0 Å². The number of esters is 4. The van der Waals surface area contributed by atoms with Gasteiger partial charge in [0.05, 0.1) is 18.6 Å². The molecule has 2 aliphatic heterocycles. The van der Waals surface area contributed by atoms with Gasteiger partial charge in [-0.05, 0) is 45.3 Å². The quantitative estimate of drug-likeness (QED) is 0.0585. The van der Waals surface area contributed by atoms with Gasteiger partial charge in [-0.1, -0.05) is 94.5 Å². The number of aromatic nitrogens is 2. The van der Waals surface area contributed by atoms with Crippen molar-refractivity contribution in [1.29, 1.82) is 0 Å². The number of carbonyl (C=O) groups is 6. The van der Waals surface area contributed by atoms with Crippen molar-refractivity contribution < 1.29 is 81.3 Å². The molecule has 4 bridgehead atoms. The number of carboxylic acids is 2. The lowest BCUT2D eigenvalue weighted by Crippen LogP contribution is -2.44. The van der Waals surface area contributed by atoms with E-state index in [1.807, 2.05) is 12.2 Å². The molecule has 0 saturated carbocycles. The average molecular weight is 1010 g/mol. The molecule has 1 saturated heterocycles. The van der Waals surface area contributed by atoms with E-state index >= 15 is 0 Å². The fourth-order valence-corrected chi connectivity index (χ4v) is 7.41. The predicted octanol–water partition coefficient (Wildman–Crippen LogP) is 8.06. The molecule has 2 aliphatic rings. The third-order valence-electron chi connectivity index (χ3n) is 11.9. The maximum atomic E-state index is 13.8. The van der Waals surface area contributed by atoms with E-state index in [-0.39, 0.29) is 99.6 Å².